The van der Waals surface area contributed by atoms with Crippen molar-refractivity contribution in [1.29, 1.82) is 5.26 Å². The molecule has 1 aliphatic rings. The van der Waals surface area contributed by atoms with Gasteiger partial charge < -0.3 is 5.11 Å². The maximum Gasteiger partial charge on any atom is 0.433 e. The number of aromatic carboxylic acids is 1. The summed E-state index contributed by atoms with van der Waals surface area (Å²) in [5, 5.41) is 18.7. The van der Waals surface area contributed by atoms with Crippen LogP contribution in [0.5, 0.6) is 0 Å². The fourth-order valence-electron chi connectivity index (χ4n) is 3.54. The molecule has 0 aliphatic heterocycles. The van der Waals surface area contributed by atoms with Crippen LogP contribution in [0.3, 0.4) is 0 Å². The van der Waals surface area contributed by atoms with E-state index < -0.39 is 23.4 Å². The number of carboxylic acids is 1. The van der Waals surface area contributed by atoms with E-state index in [0.29, 0.717) is 23.8 Å². The van der Waals surface area contributed by atoms with E-state index >= 15 is 0 Å². The molecule has 180 valence electrons. The highest BCUT2D eigenvalue weighted by atomic mass is 32.2. The fourth-order valence-corrected chi connectivity index (χ4v) is 4.31. The minimum Gasteiger partial charge on any atom is -0.478 e. The van der Waals surface area contributed by atoms with Crippen molar-refractivity contribution in [2.75, 3.05) is 16.6 Å². The van der Waals surface area contributed by atoms with E-state index in [1.807, 2.05) is 37.3 Å². The molecule has 4 rings (SSSR count). The van der Waals surface area contributed by atoms with Crippen molar-refractivity contribution in [3.8, 4) is 17.2 Å². The predicted molar refractivity (Wildman–Crippen MR) is 126 cm³/mol. The van der Waals surface area contributed by atoms with Crippen LogP contribution in [0.25, 0.3) is 11.1 Å². The van der Waals surface area contributed by atoms with Gasteiger partial charge in [-0.25, -0.2) is 9.78 Å². The fraction of sp³-hybridized carbons (Fsp3) is 0.250. The number of carbonyl (C=O) groups is 1. The van der Waals surface area contributed by atoms with E-state index in [4.69, 9.17) is 0 Å². The molecule has 11 heteroatoms. The topological polar surface area (TPSA) is 111 Å². The average molecular weight is 500 g/mol. The number of hydrogen-bond donors (Lipinski definition) is 3. The molecule has 0 radical (unpaired) electrons. The van der Waals surface area contributed by atoms with E-state index in [1.165, 1.54) is 11.8 Å². The zero-order valence-corrected chi connectivity index (χ0v) is 19.3. The lowest BCUT2D eigenvalue weighted by Crippen LogP contribution is -2.17. The lowest BCUT2D eigenvalue weighted by Gasteiger charge is -2.16. The number of pyridine rings is 2. The number of nitrogens with one attached hydrogen (secondary N) is 2. The number of aromatic nitrogens is 2. The van der Waals surface area contributed by atoms with E-state index in [1.54, 1.807) is 6.20 Å². The van der Waals surface area contributed by atoms with Crippen molar-refractivity contribution in [1.82, 2.24) is 9.97 Å². The Labute approximate surface area is 203 Å². The van der Waals surface area contributed by atoms with Crippen LogP contribution < -0.4 is 10.9 Å². The third-order valence-corrected chi connectivity index (χ3v) is 6.54. The first-order valence-corrected chi connectivity index (χ1v) is 11.6. The average Bonchev–Trinajstić information content (AvgIpc) is 3.64. The number of thioether (sulfide) groups is 1. The largest absolute Gasteiger partial charge is 0.478 e. The maximum absolute atomic E-state index is 13.1. The Balaban J connectivity index is 1.59. The molecule has 0 unspecified atom stereocenters. The zero-order valence-electron chi connectivity index (χ0n) is 18.5. The standard InChI is InChI=1S/C24H20F3N5O2S/c1-2-35-19-9-15(14-3-5-16(6-4-14)23(13-28)7-8-23)11-30-21(19)32-31-18-10-20(24(25,26)27)29-12-17(18)22(33)34/h3-6,9-12H,2,7-8H2,1H3,(H,29,31)(H,30,32)(H,33,34). The SMILES string of the molecule is CCSc1cc(-c2ccc(C3(C#N)CC3)cc2)cnc1NNc1cc(C(F)(F)F)ncc1C(=O)O. The molecule has 35 heavy (non-hydrogen) atoms. The van der Waals surface area contributed by atoms with Gasteiger partial charge in [-0.15, -0.1) is 11.8 Å². The molecule has 1 saturated carbocycles. The zero-order chi connectivity index (χ0) is 25.2. The number of nitriles is 1. The third kappa shape index (κ3) is 5.17. The van der Waals surface area contributed by atoms with E-state index in [0.717, 1.165) is 34.4 Å². The number of anilines is 2. The van der Waals surface area contributed by atoms with Gasteiger partial charge in [0.15, 0.2) is 5.82 Å². The number of carboxylic acid groups (broad SMARTS) is 1. The molecule has 1 aliphatic carbocycles. The highest BCUT2D eigenvalue weighted by Crippen LogP contribution is 2.47. The molecule has 2 aromatic heterocycles. The monoisotopic (exact) mass is 499 g/mol. The summed E-state index contributed by atoms with van der Waals surface area (Å²) in [5.41, 5.74) is 5.71. The second-order valence-corrected chi connectivity index (χ2v) is 9.25. The lowest BCUT2D eigenvalue weighted by atomic mass is 9.95. The summed E-state index contributed by atoms with van der Waals surface area (Å²) in [6.07, 6.45) is -0.726. The number of halogens is 3. The molecule has 0 saturated heterocycles. The molecular formula is C24H20F3N5O2S. The summed E-state index contributed by atoms with van der Waals surface area (Å²) in [6.45, 7) is 1.95. The molecule has 3 N–H and O–H groups in total. The molecule has 0 bridgehead atoms. The van der Waals surface area contributed by atoms with Gasteiger partial charge >= 0.3 is 12.1 Å². The van der Waals surface area contributed by atoms with Gasteiger partial charge in [0, 0.05) is 18.0 Å². The first-order chi connectivity index (χ1) is 16.7. The molecule has 0 spiro atoms. The number of alkyl halides is 3. The van der Waals surface area contributed by atoms with Gasteiger partial charge in [-0.2, -0.15) is 18.4 Å². The Bertz CT molecular complexity index is 1300. The maximum atomic E-state index is 13.1. The van der Waals surface area contributed by atoms with Gasteiger partial charge in [0.2, 0.25) is 0 Å². The molecule has 3 aromatic rings. The van der Waals surface area contributed by atoms with Crippen LogP contribution in [0.1, 0.15) is 41.4 Å². The number of hydrazine groups is 1. The number of nitrogens with zero attached hydrogens (tertiary/aromatic N) is 3. The molecular weight excluding hydrogens is 479 g/mol. The van der Waals surface area contributed by atoms with Gasteiger partial charge in [-0.3, -0.25) is 15.8 Å². The summed E-state index contributed by atoms with van der Waals surface area (Å²) in [4.78, 5) is 19.8. The minimum atomic E-state index is -4.72. The van der Waals surface area contributed by atoms with E-state index in [2.05, 4.69) is 26.9 Å². The van der Waals surface area contributed by atoms with Gasteiger partial charge in [0.05, 0.1) is 22.1 Å². The first kappa shape index (κ1) is 24.3. The van der Waals surface area contributed by atoms with E-state index in [9.17, 15) is 28.3 Å². The summed E-state index contributed by atoms with van der Waals surface area (Å²) >= 11 is 1.47. The van der Waals surface area contributed by atoms with Crippen molar-refractivity contribution >= 4 is 29.2 Å². The highest BCUT2D eigenvalue weighted by molar-refractivity contribution is 7.99. The van der Waals surface area contributed by atoms with Crippen LogP contribution in [0.15, 0.2) is 53.7 Å². The van der Waals surface area contributed by atoms with Gasteiger partial charge in [-0.05, 0) is 41.9 Å². The van der Waals surface area contributed by atoms with Crippen molar-refractivity contribution in [2.24, 2.45) is 0 Å². The highest BCUT2D eigenvalue weighted by Gasteiger charge is 2.44. The van der Waals surface area contributed by atoms with Gasteiger partial charge in [0.25, 0.3) is 0 Å². The van der Waals surface area contributed by atoms with Crippen LogP contribution in [-0.4, -0.2) is 26.8 Å². The Hall–Kier alpha value is -3.78. The number of hydrogen-bond acceptors (Lipinski definition) is 7. The molecule has 1 fully saturated rings. The summed E-state index contributed by atoms with van der Waals surface area (Å²) in [7, 11) is 0. The second kappa shape index (κ2) is 9.46. The van der Waals surface area contributed by atoms with E-state index in [-0.39, 0.29) is 11.1 Å². The van der Waals surface area contributed by atoms with Crippen molar-refractivity contribution in [3.05, 3.63) is 65.6 Å². The minimum absolute atomic E-state index is 0.291. The van der Waals surface area contributed by atoms with Crippen molar-refractivity contribution in [3.63, 3.8) is 0 Å². The Morgan fingerprint density at radius 3 is 2.43 bits per heavy atom. The van der Waals surface area contributed by atoms with Crippen molar-refractivity contribution < 1.29 is 23.1 Å². The van der Waals surface area contributed by atoms with Crippen LogP contribution in [0.2, 0.25) is 0 Å². The second-order valence-electron chi connectivity index (χ2n) is 7.94. The number of rotatable bonds is 8. The summed E-state index contributed by atoms with van der Waals surface area (Å²) in [6, 6.07) is 12.7. The third-order valence-electron chi connectivity index (χ3n) is 5.63. The van der Waals surface area contributed by atoms with Crippen LogP contribution in [-0.2, 0) is 11.6 Å². The quantitative estimate of drug-likeness (QED) is 0.257. The Morgan fingerprint density at radius 1 is 1.14 bits per heavy atom. The smallest absolute Gasteiger partial charge is 0.433 e. The lowest BCUT2D eigenvalue weighted by molar-refractivity contribution is -0.141. The molecule has 2 heterocycles. The Morgan fingerprint density at radius 2 is 1.86 bits per heavy atom. The van der Waals surface area contributed by atoms with Crippen LogP contribution in [0, 0.1) is 11.3 Å². The van der Waals surface area contributed by atoms with Gasteiger partial charge in [0.1, 0.15) is 11.3 Å². The normalized spacial score (nSPS) is 14.1. The first-order valence-electron chi connectivity index (χ1n) is 10.6. The van der Waals surface area contributed by atoms with Crippen LogP contribution >= 0.6 is 11.8 Å². The molecule has 0 atom stereocenters. The van der Waals surface area contributed by atoms with Gasteiger partial charge in [-0.1, -0.05) is 31.2 Å². The Kier molecular flexibility index (Phi) is 6.58. The predicted octanol–water partition coefficient (Wildman–Crippen LogP) is 5.97. The molecule has 7 nitrogen and oxygen atoms in total. The van der Waals surface area contributed by atoms with Crippen molar-refractivity contribution in [2.45, 2.75) is 36.3 Å². The van der Waals surface area contributed by atoms with Crippen LogP contribution in [0.4, 0.5) is 24.7 Å². The molecule has 0 amide bonds. The summed E-state index contributed by atoms with van der Waals surface area (Å²) in [5.74, 6) is -0.382. The summed E-state index contributed by atoms with van der Waals surface area (Å²) < 4.78 is 39.2. The molecule has 1 aromatic carbocycles. The number of benzene rings is 1.